The monoisotopic (exact) mass is 376 g/mol. The molecular formula is C14H20N2O6S2. The van der Waals surface area contributed by atoms with Crippen LogP contribution in [-0.4, -0.2) is 63.1 Å². The number of aliphatic carboxylic acids is 1. The van der Waals surface area contributed by atoms with Crippen molar-refractivity contribution in [2.45, 2.75) is 23.6 Å². The summed E-state index contributed by atoms with van der Waals surface area (Å²) >= 11 is 1.06. The molecule has 2 N–H and O–H groups in total. The zero-order valence-electron chi connectivity index (χ0n) is 13.4. The minimum absolute atomic E-state index is 0.0000757. The Morgan fingerprint density at radius 1 is 1.54 bits per heavy atom. The lowest BCUT2D eigenvalue weighted by atomic mass is 9.88. The summed E-state index contributed by atoms with van der Waals surface area (Å²) in [4.78, 5) is 25.4. The molecule has 1 aromatic heterocycles. The van der Waals surface area contributed by atoms with Crippen LogP contribution >= 0.6 is 11.3 Å². The Hall–Kier alpha value is -1.49. The summed E-state index contributed by atoms with van der Waals surface area (Å²) in [5.41, 5.74) is -1.14. The fourth-order valence-electron chi connectivity index (χ4n) is 2.72. The summed E-state index contributed by atoms with van der Waals surface area (Å²) in [5, 5.41) is 11.0. The van der Waals surface area contributed by atoms with E-state index in [1.54, 1.807) is 11.4 Å². The number of hydrogen-bond donors (Lipinski definition) is 2. The minimum atomic E-state index is -3.77. The van der Waals surface area contributed by atoms with Crippen molar-refractivity contribution < 1.29 is 27.9 Å². The van der Waals surface area contributed by atoms with E-state index in [-0.39, 0.29) is 30.3 Å². The van der Waals surface area contributed by atoms with E-state index in [0.717, 1.165) is 11.3 Å². The van der Waals surface area contributed by atoms with E-state index in [9.17, 15) is 23.1 Å². The molecule has 0 aromatic carbocycles. The molecule has 1 aliphatic heterocycles. The number of thiophene rings is 1. The molecule has 2 unspecified atom stereocenters. The number of rotatable bonds is 7. The molecule has 134 valence electrons. The van der Waals surface area contributed by atoms with Crippen LogP contribution in [0.2, 0.25) is 0 Å². The third kappa shape index (κ3) is 3.77. The molecule has 0 radical (unpaired) electrons. The molecule has 0 saturated carbocycles. The first kappa shape index (κ1) is 18.8. The average Bonchev–Trinajstić information content (AvgIpc) is 3.17. The first-order chi connectivity index (χ1) is 11.2. The summed E-state index contributed by atoms with van der Waals surface area (Å²) in [6.45, 7) is 1.70. The summed E-state index contributed by atoms with van der Waals surface area (Å²) < 4.78 is 31.8. The van der Waals surface area contributed by atoms with Crippen LogP contribution in [0.4, 0.5) is 0 Å². The fourth-order valence-corrected chi connectivity index (χ4v) is 4.93. The van der Waals surface area contributed by atoms with Crippen LogP contribution in [0.15, 0.2) is 21.7 Å². The van der Waals surface area contributed by atoms with Gasteiger partial charge in [0.1, 0.15) is 9.62 Å². The van der Waals surface area contributed by atoms with E-state index in [1.165, 1.54) is 25.0 Å². The number of likely N-dealkylation sites (tertiary alicyclic amines) is 1. The van der Waals surface area contributed by atoms with Gasteiger partial charge in [-0.15, -0.1) is 11.3 Å². The highest BCUT2D eigenvalue weighted by atomic mass is 32.2. The average molecular weight is 376 g/mol. The Labute approximate surface area is 144 Å². The number of carboxylic acids is 1. The third-order valence-corrected chi connectivity index (χ3v) is 6.94. The molecule has 0 bridgehead atoms. The highest BCUT2D eigenvalue weighted by molar-refractivity contribution is 7.91. The maximum atomic E-state index is 12.5. The van der Waals surface area contributed by atoms with Gasteiger partial charge in [0.2, 0.25) is 5.91 Å². The zero-order chi connectivity index (χ0) is 18.0. The Bertz CT molecular complexity index is 703. The van der Waals surface area contributed by atoms with Crippen LogP contribution in [-0.2, 0) is 24.3 Å². The van der Waals surface area contributed by atoms with Crippen molar-refractivity contribution in [2.75, 3.05) is 26.8 Å². The van der Waals surface area contributed by atoms with Crippen molar-refractivity contribution >= 4 is 33.2 Å². The summed E-state index contributed by atoms with van der Waals surface area (Å²) in [5.74, 6) is -1.47. The number of carboxylic acid groups (broad SMARTS) is 1. The van der Waals surface area contributed by atoms with Crippen molar-refractivity contribution in [3.8, 4) is 0 Å². The van der Waals surface area contributed by atoms with Gasteiger partial charge >= 0.3 is 5.97 Å². The van der Waals surface area contributed by atoms with Crippen molar-refractivity contribution in [3.63, 3.8) is 0 Å². The van der Waals surface area contributed by atoms with Crippen molar-refractivity contribution in [1.29, 1.82) is 0 Å². The molecule has 1 fully saturated rings. The summed E-state index contributed by atoms with van der Waals surface area (Å²) in [6.07, 6.45) is 0.270. The van der Waals surface area contributed by atoms with Gasteiger partial charge < -0.3 is 14.7 Å². The quantitative estimate of drug-likeness (QED) is 0.711. The molecule has 8 nitrogen and oxygen atoms in total. The largest absolute Gasteiger partial charge is 0.481 e. The first-order valence-electron chi connectivity index (χ1n) is 7.29. The minimum Gasteiger partial charge on any atom is -0.481 e. The molecular weight excluding hydrogens is 356 g/mol. The number of hydrogen-bond acceptors (Lipinski definition) is 6. The predicted octanol–water partition coefficient (Wildman–Crippen LogP) is 0.365. The molecule has 0 spiro atoms. The van der Waals surface area contributed by atoms with E-state index in [1.807, 2.05) is 0 Å². The molecule has 2 rings (SSSR count). The van der Waals surface area contributed by atoms with Gasteiger partial charge in [-0.25, -0.2) is 8.42 Å². The Balaban J connectivity index is 2.06. The highest BCUT2D eigenvalue weighted by Gasteiger charge is 2.47. The molecule has 1 saturated heterocycles. The fraction of sp³-hybridized carbons (Fsp3) is 0.571. The second-order valence-electron chi connectivity index (χ2n) is 5.80. The zero-order valence-corrected chi connectivity index (χ0v) is 15.0. The molecule has 24 heavy (non-hydrogen) atoms. The van der Waals surface area contributed by atoms with Gasteiger partial charge in [0, 0.05) is 20.2 Å². The molecule has 10 heteroatoms. The number of ether oxygens (including phenoxy) is 1. The maximum absolute atomic E-state index is 12.5. The maximum Gasteiger partial charge on any atom is 0.313 e. The molecule has 1 amide bonds. The van der Waals surface area contributed by atoms with Crippen molar-refractivity contribution in [3.05, 3.63) is 17.5 Å². The van der Waals surface area contributed by atoms with E-state index in [2.05, 4.69) is 4.72 Å². The molecule has 2 heterocycles. The van der Waals surface area contributed by atoms with Gasteiger partial charge in [-0.1, -0.05) is 6.07 Å². The summed E-state index contributed by atoms with van der Waals surface area (Å²) in [6, 6.07) is 2.08. The Morgan fingerprint density at radius 2 is 2.25 bits per heavy atom. The van der Waals surface area contributed by atoms with Crippen molar-refractivity contribution in [2.24, 2.45) is 5.41 Å². The number of sulfonamides is 1. The van der Waals surface area contributed by atoms with Gasteiger partial charge in [0.05, 0.1) is 12.6 Å². The smallest absolute Gasteiger partial charge is 0.313 e. The van der Waals surface area contributed by atoms with E-state index < -0.39 is 33.4 Å². The summed E-state index contributed by atoms with van der Waals surface area (Å²) in [7, 11) is -2.36. The Morgan fingerprint density at radius 3 is 2.79 bits per heavy atom. The lowest BCUT2D eigenvalue weighted by Gasteiger charge is -2.25. The van der Waals surface area contributed by atoms with Crippen molar-refractivity contribution in [1.82, 2.24) is 9.62 Å². The number of methoxy groups -OCH3 is 1. The number of nitrogens with zero attached hydrogens (tertiary/aromatic N) is 1. The second-order valence-corrected chi connectivity index (χ2v) is 8.69. The van der Waals surface area contributed by atoms with Crippen LogP contribution < -0.4 is 4.72 Å². The normalized spacial score (nSPS) is 22.5. The molecule has 2 atom stereocenters. The lowest BCUT2D eigenvalue weighted by molar-refractivity contribution is -0.151. The first-order valence-corrected chi connectivity index (χ1v) is 9.65. The van der Waals surface area contributed by atoms with E-state index in [4.69, 9.17) is 4.74 Å². The van der Waals surface area contributed by atoms with E-state index >= 15 is 0 Å². The number of carbonyl (C=O) groups excluding carboxylic acids is 1. The standard InChI is InChI=1S/C14H20N2O6S2/c1-10(15-24(20,21)11-4-3-7-23-11)12(17)16-6-5-14(8-16,9-22-2)13(18)19/h3-4,7,10,15H,5-6,8-9H2,1-2H3,(H,18,19). The van der Waals surface area contributed by atoms with Gasteiger partial charge in [0.25, 0.3) is 10.0 Å². The van der Waals surface area contributed by atoms with Gasteiger partial charge in [-0.3, -0.25) is 9.59 Å². The highest BCUT2D eigenvalue weighted by Crippen LogP contribution is 2.31. The van der Waals surface area contributed by atoms with Crippen LogP contribution in [0.25, 0.3) is 0 Å². The predicted molar refractivity (Wildman–Crippen MR) is 87.2 cm³/mol. The van der Waals surface area contributed by atoms with Crippen LogP contribution in [0.3, 0.4) is 0 Å². The van der Waals surface area contributed by atoms with Crippen LogP contribution in [0.1, 0.15) is 13.3 Å². The second kappa shape index (κ2) is 7.18. The van der Waals surface area contributed by atoms with Crippen LogP contribution in [0.5, 0.6) is 0 Å². The molecule has 1 aliphatic rings. The van der Waals surface area contributed by atoms with Crippen LogP contribution in [0, 0.1) is 5.41 Å². The topological polar surface area (TPSA) is 113 Å². The lowest BCUT2D eigenvalue weighted by Crippen LogP contribution is -2.47. The number of amides is 1. The molecule has 1 aromatic rings. The van der Waals surface area contributed by atoms with Gasteiger partial charge in [-0.2, -0.15) is 4.72 Å². The van der Waals surface area contributed by atoms with Gasteiger partial charge in [-0.05, 0) is 24.8 Å². The van der Waals surface area contributed by atoms with Gasteiger partial charge in [0.15, 0.2) is 0 Å². The Kier molecular flexibility index (Phi) is 5.63. The third-order valence-electron chi connectivity index (χ3n) is 4.00. The number of nitrogens with one attached hydrogen (secondary N) is 1. The molecule has 0 aliphatic carbocycles. The SMILES string of the molecule is COCC1(C(=O)O)CCN(C(=O)C(C)NS(=O)(=O)c2cccs2)C1. The van der Waals surface area contributed by atoms with E-state index in [0.29, 0.717) is 0 Å². The number of carbonyl (C=O) groups is 2.